The molecular formula is C32H23N7O2S. The van der Waals surface area contributed by atoms with Gasteiger partial charge < -0.3 is 10.3 Å². The Balaban J connectivity index is 1.21. The van der Waals surface area contributed by atoms with Crippen molar-refractivity contribution in [1.82, 2.24) is 30.1 Å². The number of pyridine rings is 2. The van der Waals surface area contributed by atoms with E-state index in [0.29, 0.717) is 22.1 Å². The van der Waals surface area contributed by atoms with E-state index in [9.17, 15) is 9.59 Å². The third-order valence-corrected chi connectivity index (χ3v) is 8.18. The maximum atomic E-state index is 12.6. The van der Waals surface area contributed by atoms with E-state index in [2.05, 4.69) is 30.5 Å². The molecule has 0 saturated carbocycles. The van der Waals surface area contributed by atoms with Gasteiger partial charge in [0.05, 0.1) is 40.4 Å². The maximum absolute atomic E-state index is 12.6. The molecule has 0 saturated heterocycles. The van der Waals surface area contributed by atoms with E-state index in [-0.39, 0.29) is 18.1 Å². The predicted molar refractivity (Wildman–Crippen MR) is 164 cm³/mol. The van der Waals surface area contributed by atoms with E-state index < -0.39 is 0 Å². The second-order valence-corrected chi connectivity index (χ2v) is 11.0. The van der Waals surface area contributed by atoms with Crippen molar-refractivity contribution in [2.75, 3.05) is 5.32 Å². The Labute approximate surface area is 243 Å². The number of carbonyl (C=O) groups is 2. The number of benzene rings is 2. The summed E-state index contributed by atoms with van der Waals surface area (Å²) in [6, 6.07) is 21.3. The van der Waals surface area contributed by atoms with Crippen LogP contribution in [0.3, 0.4) is 0 Å². The number of amides is 1. The molecular weight excluding hydrogens is 546 g/mol. The quantitative estimate of drug-likeness (QED) is 0.184. The van der Waals surface area contributed by atoms with Crippen molar-refractivity contribution >= 4 is 50.7 Å². The number of hydrogen-bond acceptors (Lipinski definition) is 7. The van der Waals surface area contributed by atoms with E-state index in [0.717, 1.165) is 49.1 Å². The van der Waals surface area contributed by atoms with Gasteiger partial charge in [-0.2, -0.15) is 5.10 Å². The van der Waals surface area contributed by atoms with Gasteiger partial charge in [0.25, 0.3) is 0 Å². The summed E-state index contributed by atoms with van der Waals surface area (Å²) in [6.45, 7) is 1.56. The Morgan fingerprint density at radius 2 is 1.74 bits per heavy atom. The molecule has 1 amide bonds. The Bertz CT molecular complexity index is 2110. The number of H-pyrrole nitrogens is 2. The minimum Gasteiger partial charge on any atom is -0.335 e. The second kappa shape index (κ2) is 10.5. The molecule has 2 aromatic carbocycles. The van der Waals surface area contributed by atoms with Crippen molar-refractivity contribution in [3.63, 3.8) is 0 Å². The van der Waals surface area contributed by atoms with Gasteiger partial charge in [0.1, 0.15) is 11.2 Å². The van der Waals surface area contributed by atoms with Crippen LogP contribution in [0.1, 0.15) is 22.2 Å². The molecule has 10 heteroatoms. The third kappa shape index (κ3) is 4.84. The number of aromatic nitrogens is 6. The van der Waals surface area contributed by atoms with Gasteiger partial charge in [-0.15, -0.1) is 11.3 Å². The molecule has 7 aromatic rings. The number of anilines is 1. The molecule has 5 heterocycles. The van der Waals surface area contributed by atoms with Crippen molar-refractivity contribution in [3.05, 3.63) is 102 Å². The van der Waals surface area contributed by atoms with Gasteiger partial charge in [0, 0.05) is 33.8 Å². The van der Waals surface area contributed by atoms with E-state index in [1.54, 1.807) is 31.7 Å². The molecule has 5 aromatic heterocycles. The highest BCUT2D eigenvalue weighted by Crippen LogP contribution is 2.35. The molecule has 0 fully saturated rings. The van der Waals surface area contributed by atoms with Crippen LogP contribution in [0.15, 0.2) is 91.5 Å². The van der Waals surface area contributed by atoms with Crippen molar-refractivity contribution in [2.45, 2.75) is 13.3 Å². The number of fused-ring (bicyclic) bond motifs is 2. The molecule has 9 nitrogen and oxygen atoms in total. The van der Waals surface area contributed by atoms with Crippen LogP contribution in [0.4, 0.5) is 5.69 Å². The molecule has 42 heavy (non-hydrogen) atoms. The van der Waals surface area contributed by atoms with Crippen LogP contribution in [0.25, 0.3) is 55.0 Å². The van der Waals surface area contributed by atoms with E-state index >= 15 is 0 Å². The summed E-state index contributed by atoms with van der Waals surface area (Å²) >= 11 is 1.43. The maximum Gasteiger partial charge on any atom is 0.228 e. The van der Waals surface area contributed by atoms with Crippen LogP contribution in [0, 0.1) is 0 Å². The average Bonchev–Trinajstić information content (AvgIpc) is 3.75. The number of hydrogen-bond donors (Lipinski definition) is 3. The number of aromatic amines is 2. The van der Waals surface area contributed by atoms with E-state index in [1.165, 1.54) is 11.3 Å². The van der Waals surface area contributed by atoms with Crippen LogP contribution >= 0.6 is 11.3 Å². The number of imidazole rings is 1. The molecule has 0 aliphatic carbocycles. The number of rotatable bonds is 7. The van der Waals surface area contributed by atoms with Gasteiger partial charge in [-0.3, -0.25) is 24.7 Å². The highest BCUT2D eigenvalue weighted by atomic mass is 32.1. The molecule has 204 valence electrons. The van der Waals surface area contributed by atoms with Crippen LogP contribution in [0.2, 0.25) is 0 Å². The lowest BCUT2D eigenvalue weighted by Gasteiger charge is -2.08. The molecule has 0 unspecified atom stereocenters. The molecule has 7 rings (SSSR count). The molecule has 3 N–H and O–H groups in total. The topological polar surface area (TPSA) is 129 Å². The zero-order valence-corrected chi connectivity index (χ0v) is 23.2. The van der Waals surface area contributed by atoms with Gasteiger partial charge in [-0.25, -0.2) is 4.98 Å². The Morgan fingerprint density at radius 3 is 2.57 bits per heavy atom. The van der Waals surface area contributed by atoms with Crippen LogP contribution in [-0.4, -0.2) is 41.8 Å². The minimum absolute atomic E-state index is 0.0307. The summed E-state index contributed by atoms with van der Waals surface area (Å²) < 4.78 is 0. The van der Waals surface area contributed by atoms with Crippen molar-refractivity contribution in [2.24, 2.45) is 0 Å². The fourth-order valence-corrected chi connectivity index (χ4v) is 5.84. The van der Waals surface area contributed by atoms with Gasteiger partial charge in [0.2, 0.25) is 5.91 Å². The molecule has 0 radical (unpaired) electrons. The summed E-state index contributed by atoms with van der Waals surface area (Å²) in [5, 5.41) is 11.5. The summed E-state index contributed by atoms with van der Waals surface area (Å²) in [5.41, 5.74) is 7.26. The number of Topliss-reactive ketones (excluding diaryl/α,β-unsaturated/α-hetero) is 1. The zero-order chi connectivity index (χ0) is 28.6. The fourth-order valence-electron chi connectivity index (χ4n) is 4.92. The summed E-state index contributed by atoms with van der Waals surface area (Å²) in [5.74, 6) is 0.529. The SMILES string of the molecule is CC(=O)c1ccc(-c2cncc3[nH]c(-c4n[nH]c5ccc(-c6cncc(NC(=O)Cc7ccccc7)c6)cc45)nc23)s1. The fraction of sp³-hybridized carbons (Fsp3) is 0.0625. The van der Waals surface area contributed by atoms with Crippen LogP contribution < -0.4 is 5.32 Å². The molecule has 0 atom stereocenters. The Morgan fingerprint density at radius 1 is 0.881 bits per heavy atom. The Hall–Kier alpha value is -5.48. The number of nitrogens with zero attached hydrogens (tertiary/aromatic N) is 4. The summed E-state index contributed by atoms with van der Waals surface area (Å²) in [7, 11) is 0. The monoisotopic (exact) mass is 569 g/mol. The normalized spacial score (nSPS) is 11.3. The van der Waals surface area contributed by atoms with Gasteiger partial charge in [0.15, 0.2) is 11.6 Å². The number of thiophene rings is 1. The van der Waals surface area contributed by atoms with Crippen molar-refractivity contribution in [3.8, 4) is 33.1 Å². The zero-order valence-electron chi connectivity index (χ0n) is 22.4. The van der Waals surface area contributed by atoms with Crippen molar-refractivity contribution in [1.29, 1.82) is 0 Å². The smallest absolute Gasteiger partial charge is 0.228 e. The predicted octanol–water partition coefficient (Wildman–Crippen LogP) is 6.68. The largest absolute Gasteiger partial charge is 0.335 e. The second-order valence-electron chi connectivity index (χ2n) is 9.89. The summed E-state index contributed by atoms with van der Waals surface area (Å²) in [4.78, 5) is 43.1. The minimum atomic E-state index is -0.105. The molecule has 0 spiro atoms. The molecule has 0 aliphatic heterocycles. The Kier molecular flexibility index (Phi) is 6.37. The highest BCUT2D eigenvalue weighted by Gasteiger charge is 2.17. The number of carbonyl (C=O) groups excluding carboxylic acids is 2. The van der Waals surface area contributed by atoms with Gasteiger partial charge >= 0.3 is 0 Å². The lowest BCUT2D eigenvalue weighted by molar-refractivity contribution is -0.115. The molecule has 0 bridgehead atoms. The van der Waals surface area contributed by atoms with E-state index in [4.69, 9.17) is 4.98 Å². The third-order valence-electron chi connectivity index (χ3n) is 6.96. The average molecular weight is 570 g/mol. The van der Waals surface area contributed by atoms with Gasteiger partial charge in [-0.05, 0) is 48.4 Å². The first-order valence-electron chi connectivity index (χ1n) is 13.2. The first-order chi connectivity index (χ1) is 20.5. The molecule has 0 aliphatic rings. The van der Waals surface area contributed by atoms with Crippen LogP contribution in [-0.2, 0) is 11.2 Å². The van der Waals surface area contributed by atoms with Gasteiger partial charge in [-0.1, -0.05) is 36.4 Å². The number of ketones is 1. The lowest BCUT2D eigenvalue weighted by atomic mass is 10.0. The van der Waals surface area contributed by atoms with Crippen molar-refractivity contribution < 1.29 is 9.59 Å². The van der Waals surface area contributed by atoms with Crippen LogP contribution in [0.5, 0.6) is 0 Å². The highest BCUT2D eigenvalue weighted by molar-refractivity contribution is 7.17. The first-order valence-corrected chi connectivity index (χ1v) is 14.1. The first kappa shape index (κ1) is 25.5. The van der Waals surface area contributed by atoms with E-state index in [1.807, 2.05) is 66.7 Å². The standard InChI is InChI=1S/C32H23N7O2S/c1-18(40)27-9-10-28(42-27)24-16-34-17-26-30(24)37-32(36-26)31-23-13-20(7-8-25(23)38-39-31)21-12-22(15-33-14-21)35-29(41)11-19-5-3-2-4-6-19/h2-10,12-17H,11H2,1H3,(H,35,41)(H,36,37)(H,38,39). The summed E-state index contributed by atoms with van der Waals surface area (Å²) in [6.07, 6.45) is 7.19. The number of nitrogens with one attached hydrogen (secondary N) is 3. The lowest BCUT2D eigenvalue weighted by Crippen LogP contribution is -2.14.